The first-order chi connectivity index (χ1) is 20.6. The van der Waals surface area contributed by atoms with Gasteiger partial charge in [0.15, 0.2) is 0 Å². The van der Waals surface area contributed by atoms with Gasteiger partial charge in [0.2, 0.25) is 0 Å². The van der Waals surface area contributed by atoms with Crippen molar-refractivity contribution in [2.45, 2.75) is 71.8 Å². The number of hydrogen-bond acceptors (Lipinski definition) is 6. The van der Waals surface area contributed by atoms with Crippen molar-refractivity contribution in [2.24, 2.45) is 7.05 Å². The van der Waals surface area contributed by atoms with Crippen molar-refractivity contribution in [3.8, 4) is 0 Å². The fourth-order valence-corrected chi connectivity index (χ4v) is 5.99. The van der Waals surface area contributed by atoms with Crippen molar-refractivity contribution in [3.63, 3.8) is 0 Å². The molecule has 1 N–H and O–H groups in total. The predicted molar refractivity (Wildman–Crippen MR) is 165 cm³/mol. The van der Waals surface area contributed by atoms with Crippen LogP contribution in [-0.4, -0.2) is 54.4 Å². The molecule has 0 bridgehead atoms. The van der Waals surface area contributed by atoms with E-state index in [1.807, 2.05) is 44.2 Å². The number of amides is 2. The fraction of sp³-hybridized carbons (Fsp3) is 0.455. The summed E-state index contributed by atoms with van der Waals surface area (Å²) in [5.74, 6) is -0.987. The van der Waals surface area contributed by atoms with Gasteiger partial charge in [0.1, 0.15) is 18.3 Å². The number of aromatic nitrogens is 2. The average molecular weight is 613 g/mol. The molecule has 4 rings (SSSR count). The highest BCUT2D eigenvalue weighted by Gasteiger charge is 2.36. The van der Waals surface area contributed by atoms with Gasteiger partial charge in [0.25, 0.3) is 18.2 Å². The number of carbonyl (C=O) groups excluding carboxylic acids is 3. The van der Waals surface area contributed by atoms with E-state index in [0.717, 1.165) is 28.8 Å². The largest absolute Gasteiger partial charge is 0.467 e. The van der Waals surface area contributed by atoms with Crippen LogP contribution in [0.15, 0.2) is 42.6 Å². The van der Waals surface area contributed by atoms with E-state index in [1.165, 1.54) is 42.6 Å². The fourth-order valence-electron chi connectivity index (χ4n) is 5.99. The molecule has 9 nitrogen and oxygen atoms in total. The van der Waals surface area contributed by atoms with Crippen LogP contribution in [0.1, 0.15) is 84.8 Å². The van der Waals surface area contributed by atoms with E-state index >= 15 is 0 Å². The Labute approximate surface area is 257 Å². The molecule has 0 spiro atoms. The number of anilines is 2. The summed E-state index contributed by atoms with van der Waals surface area (Å²) in [4.78, 5) is 38.1. The Bertz CT molecular complexity index is 1500. The molecule has 0 radical (unpaired) electrons. The number of methoxy groups -OCH3 is 2. The SMILES string of the molecule is CC1CC(C)(C)c2cccc(NC(=O)c3cn(C)nc3C(F)F)c21.COCC(=O)N(c1c(C)cccc1C)C(C)C(=O)OC. The molecule has 238 valence electrons. The van der Waals surface area contributed by atoms with E-state index in [9.17, 15) is 23.2 Å². The van der Waals surface area contributed by atoms with Gasteiger partial charge in [-0.3, -0.25) is 19.2 Å². The Balaban J connectivity index is 0.000000245. The molecule has 2 atom stereocenters. The van der Waals surface area contributed by atoms with Gasteiger partial charge in [-0.15, -0.1) is 0 Å². The number of carbonyl (C=O) groups is 3. The lowest BCUT2D eigenvalue weighted by atomic mass is 9.86. The number of ether oxygens (including phenoxy) is 2. The van der Waals surface area contributed by atoms with Gasteiger partial charge in [-0.25, -0.2) is 13.6 Å². The summed E-state index contributed by atoms with van der Waals surface area (Å²) >= 11 is 0. The first-order valence-corrected chi connectivity index (χ1v) is 14.4. The zero-order valence-electron chi connectivity index (χ0n) is 26.8. The molecule has 11 heteroatoms. The maximum absolute atomic E-state index is 13.1. The van der Waals surface area contributed by atoms with Crippen molar-refractivity contribution >= 4 is 29.2 Å². The number of halogens is 2. The van der Waals surface area contributed by atoms with Crippen LogP contribution in [0.5, 0.6) is 0 Å². The van der Waals surface area contributed by atoms with Crippen LogP contribution < -0.4 is 10.2 Å². The Morgan fingerprint density at radius 3 is 2.30 bits per heavy atom. The zero-order chi connectivity index (χ0) is 32.9. The molecule has 2 unspecified atom stereocenters. The Hall–Kier alpha value is -4.12. The van der Waals surface area contributed by atoms with Crippen LogP contribution in [0, 0.1) is 13.8 Å². The molecule has 1 aromatic heterocycles. The highest BCUT2D eigenvalue weighted by atomic mass is 19.3. The predicted octanol–water partition coefficient (Wildman–Crippen LogP) is 6.24. The van der Waals surface area contributed by atoms with E-state index in [4.69, 9.17) is 9.47 Å². The van der Waals surface area contributed by atoms with E-state index in [0.29, 0.717) is 11.6 Å². The maximum atomic E-state index is 13.1. The van der Waals surface area contributed by atoms with Crippen LogP contribution in [0.4, 0.5) is 20.2 Å². The number of para-hydroxylation sites is 1. The topological polar surface area (TPSA) is 103 Å². The molecule has 0 aliphatic heterocycles. The summed E-state index contributed by atoms with van der Waals surface area (Å²) in [5.41, 5.74) is 5.03. The van der Waals surface area contributed by atoms with Gasteiger partial charge >= 0.3 is 5.97 Å². The third kappa shape index (κ3) is 7.32. The van der Waals surface area contributed by atoms with Gasteiger partial charge in [0, 0.05) is 26.0 Å². The molecule has 0 fully saturated rings. The highest BCUT2D eigenvalue weighted by Crippen LogP contribution is 2.48. The van der Waals surface area contributed by atoms with Crippen molar-refractivity contribution in [2.75, 3.05) is 31.0 Å². The van der Waals surface area contributed by atoms with Gasteiger partial charge in [-0.05, 0) is 66.8 Å². The van der Waals surface area contributed by atoms with Gasteiger partial charge in [0.05, 0.1) is 18.4 Å². The average Bonchev–Trinajstić information content (AvgIpc) is 3.47. The molecular weight excluding hydrogens is 570 g/mol. The highest BCUT2D eigenvalue weighted by molar-refractivity contribution is 6.05. The van der Waals surface area contributed by atoms with Gasteiger partial charge in [-0.2, -0.15) is 5.10 Å². The molecule has 0 saturated heterocycles. The number of esters is 1. The molecule has 3 aromatic rings. The Kier molecular flexibility index (Phi) is 11.0. The van der Waals surface area contributed by atoms with E-state index in [1.54, 1.807) is 6.92 Å². The summed E-state index contributed by atoms with van der Waals surface area (Å²) in [6.45, 7) is 11.8. The summed E-state index contributed by atoms with van der Waals surface area (Å²) in [5, 5.41) is 6.50. The monoisotopic (exact) mass is 612 g/mol. The molecule has 2 amide bonds. The second-order valence-electron chi connectivity index (χ2n) is 11.7. The van der Waals surface area contributed by atoms with Gasteiger partial charge < -0.3 is 14.8 Å². The molecule has 1 aliphatic rings. The second kappa shape index (κ2) is 14.1. The van der Waals surface area contributed by atoms with Crippen LogP contribution in [-0.2, 0) is 31.5 Å². The van der Waals surface area contributed by atoms with Crippen molar-refractivity contribution in [3.05, 3.63) is 76.1 Å². The number of aryl methyl sites for hydroxylation is 3. The Morgan fingerprint density at radius 2 is 1.73 bits per heavy atom. The second-order valence-corrected chi connectivity index (χ2v) is 11.7. The molecule has 2 aromatic carbocycles. The number of rotatable bonds is 8. The number of fused-ring (bicyclic) bond motifs is 1. The molecule has 1 heterocycles. The number of nitrogens with one attached hydrogen (secondary N) is 1. The number of alkyl halides is 2. The smallest absolute Gasteiger partial charge is 0.328 e. The van der Waals surface area contributed by atoms with E-state index < -0.39 is 30.0 Å². The summed E-state index contributed by atoms with van der Waals surface area (Å²) in [7, 11) is 4.28. The maximum Gasteiger partial charge on any atom is 0.328 e. The quantitative estimate of drug-likeness (QED) is 0.302. The van der Waals surface area contributed by atoms with Crippen LogP contribution >= 0.6 is 0 Å². The number of hydrogen-bond donors (Lipinski definition) is 1. The summed E-state index contributed by atoms with van der Waals surface area (Å²) in [6.07, 6.45) is -0.469. The lowest BCUT2D eigenvalue weighted by Gasteiger charge is -2.30. The number of benzene rings is 2. The minimum absolute atomic E-state index is 0.0396. The van der Waals surface area contributed by atoms with Gasteiger partial charge in [-0.1, -0.05) is 51.1 Å². The zero-order valence-corrected chi connectivity index (χ0v) is 26.8. The molecule has 0 saturated carbocycles. The molecule has 1 aliphatic carbocycles. The first-order valence-electron chi connectivity index (χ1n) is 14.4. The third-order valence-electron chi connectivity index (χ3n) is 7.85. The molecular formula is C33H42F2N4O5. The van der Waals surface area contributed by atoms with Crippen molar-refractivity contribution < 1.29 is 32.6 Å². The van der Waals surface area contributed by atoms with E-state index in [-0.39, 0.29) is 23.5 Å². The lowest BCUT2D eigenvalue weighted by Crippen LogP contribution is -2.46. The van der Waals surface area contributed by atoms with Crippen molar-refractivity contribution in [1.82, 2.24) is 9.78 Å². The van der Waals surface area contributed by atoms with Crippen LogP contribution in [0.25, 0.3) is 0 Å². The lowest BCUT2D eigenvalue weighted by molar-refractivity contribution is -0.143. The third-order valence-corrected chi connectivity index (χ3v) is 7.85. The first kappa shape index (κ1) is 34.4. The standard InChI is InChI=1S/C18H21F2N3O.C15H21NO4/c1-10-8-18(2,3)12-6-5-7-13(14(10)12)21-17(24)11-9-23(4)22-15(11)16(19)20;1-10-7-6-8-11(2)14(10)16(13(17)9-19-4)12(3)15(18)20-5/h5-7,9-10,16H,8H2,1-4H3,(H,21,24);6-8,12H,9H2,1-5H3. The number of nitrogens with zero attached hydrogens (tertiary/aromatic N) is 3. The van der Waals surface area contributed by atoms with Crippen LogP contribution in [0.3, 0.4) is 0 Å². The minimum atomic E-state index is -2.79. The summed E-state index contributed by atoms with van der Waals surface area (Å²) < 4.78 is 37.0. The summed E-state index contributed by atoms with van der Waals surface area (Å²) in [6, 6.07) is 10.8. The van der Waals surface area contributed by atoms with Crippen LogP contribution in [0.2, 0.25) is 0 Å². The van der Waals surface area contributed by atoms with Crippen molar-refractivity contribution in [1.29, 1.82) is 0 Å². The minimum Gasteiger partial charge on any atom is -0.467 e. The van der Waals surface area contributed by atoms with E-state index in [2.05, 4.69) is 37.3 Å². The normalized spacial score (nSPS) is 15.6. The molecule has 44 heavy (non-hydrogen) atoms. The Morgan fingerprint density at radius 1 is 1.11 bits per heavy atom.